The second-order valence-electron chi connectivity index (χ2n) is 4.29. The molecule has 2 aromatic rings. The third-order valence-electron chi connectivity index (χ3n) is 2.95. The van der Waals surface area contributed by atoms with Gasteiger partial charge in [0.15, 0.2) is 0 Å². The Labute approximate surface area is 113 Å². The highest BCUT2D eigenvalue weighted by atomic mass is 16.5. The number of para-hydroxylation sites is 1. The molecule has 0 amide bonds. The number of rotatable bonds is 4. The molecule has 0 aliphatic heterocycles. The largest absolute Gasteiger partial charge is 0.457 e. The molecular formula is C16H16N2O. The van der Waals surface area contributed by atoms with Crippen LogP contribution in [-0.4, -0.2) is 0 Å². The molecule has 0 unspecified atom stereocenters. The molecule has 1 atom stereocenters. The maximum absolute atomic E-state index is 8.88. The van der Waals surface area contributed by atoms with E-state index in [0.717, 1.165) is 17.7 Å². The lowest BCUT2D eigenvalue weighted by Crippen LogP contribution is -2.09. The van der Waals surface area contributed by atoms with Crippen LogP contribution >= 0.6 is 0 Å². The maximum Gasteiger partial charge on any atom is 0.132 e. The van der Waals surface area contributed by atoms with Gasteiger partial charge in [0.2, 0.25) is 0 Å². The smallest absolute Gasteiger partial charge is 0.132 e. The topological polar surface area (TPSA) is 59.0 Å². The van der Waals surface area contributed by atoms with Crippen molar-refractivity contribution in [1.29, 1.82) is 5.26 Å². The van der Waals surface area contributed by atoms with E-state index in [2.05, 4.69) is 6.07 Å². The fraction of sp³-hybridized carbons (Fsp3) is 0.188. The summed E-state index contributed by atoms with van der Waals surface area (Å²) in [4.78, 5) is 0. The second-order valence-corrected chi connectivity index (χ2v) is 4.29. The van der Waals surface area contributed by atoms with Gasteiger partial charge >= 0.3 is 0 Å². The first-order chi connectivity index (χ1) is 9.24. The van der Waals surface area contributed by atoms with Gasteiger partial charge in [-0.25, -0.2) is 0 Å². The van der Waals surface area contributed by atoms with Gasteiger partial charge in [-0.15, -0.1) is 0 Å². The van der Waals surface area contributed by atoms with E-state index in [1.165, 1.54) is 0 Å². The van der Waals surface area contributed by atoms with E-state index >= 15 is 0 Å². The standard InChI is InChI=1S/C16H16N2O/c1-2-15(18)14-8-3-4-9-16(14)19-13-7-5-6-12(10-13)11-17/h3-10,15H,2,18H2,1H3/t15-/m0/s1. The summed E-state index contributed by atoms with van der Waals surface area (Å²) in [5.41, 5.74) is 7.63. The number of nitrogens with zero attached hydrogens (tertiary/aromatic N) is 1. The van der Waals surface area contributed by atoms with Crippen LogP contribution in [0.4, 0.5) is 0 Å². The van der Waals surface area contributed by atoms with Gasteiger partial charge in [0.25, 0.3) is 0 Å². The molecule has 2 N–H and O–H groups in total. The summed E-state index contributed by atoms with van der Waals surface area (Å²) in [6.07, 6.45) is 0.846. The molecule has 0 aliphatic rings. The number of ether oxygens (including phenoxy) is 1. The number of hydrogen-bond acceptors (Lipinski definition) is 3. The van der Waals surface area contributed by atoms with E-state index in [0.29, 0.717) is 11.3 Å². The Balaban J connectivity index is 2.30. The van der Waals surface area contributed by atoms with Crippen LogP contribution in [0.25, 0.3) is 0 Å². The third kappa shape index (κ3) is 3.12. The highest BCUT2D eigenvalue weighted by Gasteiger charge is 2.10. The van der Waals surface area contributed by atoms with Crippen molar-refractivity contribution in [1.82, 2.24) is 0 Å². The third-order valence-corrected chi connectivity index (χ3v) is 2.95. The Hall–Kier alpha value is -2.31. The molecule has 3 nitrogen and oxygen atoms in total. The van der Waals surface area contributed by atoms with Crippen molar-refractivity contribution < 1.29 is 4.74 Å². The van der Waals surface area contributed by atoms with Gasteiger partial charge in [0, 0.05) is 11.6 Å². The average Bonchev–Trinajstić information content (AvgIpc) is 2.47. The van der Waals surface area contributed by atoms with Crippen LogP contribution in [0.15, 0.2) is 48.5 Å². The summed E-state index contributed by atoms with van der Waals surface area (Å²) < 4.78 is 5.84. The molecule has 0 heterocycles. The Morgan fingerprint density at radius 2 is 2.00 bits per heavy atom. The highest BCUT2D eigenvalue weighted by Crippen LogP contribution is 2.30. The molecule has 0 aromatic heterocycles. The van der Waals surface area contributed by atoms with E-state index in [9.17, 15) is 0 Å². The summed E-state index contributed by atoms with van der Waals surface area (Å²) >= 11 is 0. The van der Waals surface area contributed by atoms with Crippen molar-refractivity contribution in [3.63, 3.8) is 0 Å². The summed E-state index contributed by atoms with van der Waals surface area (Å²) in [7, 11) is 0. The fourth-order valence-electron chi connectivity index (χ4n) is 1.86. The Morgan fingerprint density at radius 3 is 2.74 bits per heavy atom. The van der Waals surface area contributed by atoms with Gasteiger partial charge in [-0.3, -0.25) is 0 Å². The first kappa shape index (κ1) is 13.1. The Bertz CT molecular complexity index is 602. The van der Waals surface area contributed by atoms with E-state index in [1.807, 2.05) is 37.3 Å². The van der Waals surface area contributed by atoms with Crippen molar-refractivity contribution in [2.24, 2.45) is 5.73 Å². The van der Waals surface area contributed by atoms with Crippen LogP contribution in [0.2, 0.25) is 0 Å². The molecule has 0 spiro atoms. The zero-order chi connectivity index (χ0) is 13.7. The Kier molecular flexibility index (Phi) is 4.17. The normalized spacial score (nSPS) is 11.6. The number of nitriles is 1. The lowest BCUT2D eigenvalue weighted by atomic mass is 10.0. The maximum atomic E-state index is 8.88. The van der Waals surface area contributed by atoms with Crippen molar-refractivity contribution in [3.05, 3.63) is 59.7 Å². The van der Waals surface area contributed by atoms with Crippen molar-refractivity contribution >= 4 is 0 Å². The van der Waals surface area contributed by atoms with Gasteiger partial charge in [0.1, 0.15) is 11.5 Å². The zero-order valence-electron chi connectivity index (χ0n) is 10.8. The minimum Gasteiger partial charge on any atom is -0.457 e. The highest BCUT2D eigenvalue weighted by molar-refractivity contribution is 5.42. The molecule has 0 radical (unpaired) electrons. The van der Waals surface area contributed by atoms with Gasteiger partial charge in [-0.1, -0.05) is 31.2 Å². The molecule has 3 heteroatoms. The number of nitrogens with two attached hydrogens (primary N) is 1. The first-order valence-corrected chi connectivity index (χ1v) is 6.27. The van der Waals surface area contributed by atoms with Crippen molar-refractivity contribution in [2.45, 2.75) is 19.4 Å². The Morgan fingerprint density at radius 1 is 1.21 bits per heavy atom. The van der Waals surface area contributed by atoms with E-state index in [-0.39, 0.29) is 6.04 Å². The lowest BCUT2D eigenvalue weighted by molar-refractivity contribution is 0.468. The van der Waals surface area contributed by atoms with Gasteiger partial charge in [-0.2, -0.15) is 5.26 Å². The molecule has 0 saturated heterocycles. The van der Waals surface area contributed by atoms with E-state index in [4.69, 9.17) is 15.7 Å². The van der Waals surface area contributed by atoms with Crippen LogP contribution in [0, 0.1) is 11.3 Å². The second kappa shape index (κ2) is 6.03. The van der Waals surface area contributed by atoms with Gasteiger partial charge < -0.3 is 10.5 Å². The van der Waals surface area contributed by atoms with Crippen molar-refractivity contribution in [3.8, 4) is 17.6 Å². The lowest BCUT2D eigenvalue weighted by Gasteiger charge is -2.15. The summed E-state index contributed by atoms with van der Waals surface area (Å²) in [6.45, 7) is 2.04. The average molecular weight is 252 g/mol. The predicted octanol–water partition coefficient (Wildman–Crippen LogP) is 3.76. The molecule has 0 bridgehead atoms. The molecule has 2 aromatic carbocycles. The monoisotopic (exact) mass is 252 g/mol. The quantitative estimate of drug-likeness (QED) is 0.901. The summed E-state index contributed by atoms with van der Waals surface area (Å²) in [5.74, 6) is 1.39. The SMILES string of the molecule is CC[C@H](N)c1ccccc1Oc1cccc(C#N)c1. The predicted molar refractivity (Wildman–Crippen MR) is 74.9 cm³/mol. The molecule has 19 heavy (non-hydrogen) atoms. The number of hydrogen-bond donors (Lipinski definition) is 1. The van der Waals surface area contributed by atoms with Crippen LogP contribution in [0.5, 0.6) is 11.5 Å². The van der Waals surface area contributed by atoms with E-state index < -0.39 is 0 Å². The first-order valence-electron chi connectivity index (χ1n) is 6.27. The van der Waals surface area contributed by atoms with Crippen molar-refractivity contribution in [2.75, 3.05) is 0 Å². The number of benzene rings is 2. The van der Waals surface area contributed by atoms with Gasteiger partial charge in [-0.05, 0) is 30.7 Å². The summed E-state index contributed by atoms with van der Waals surface area (Å²) in [5, 5.41) is 8.88. The van der Waals surface area contributed by atoms with Crippen LogP contribution < -0.4 is 10.5 Å². The van der Waals surface area contributed by atoms with Crippen LogP contribution in [-0.2, 0) is 0 Å². The fourth-order valence-corrected chi connectivity index (χ4v) is 1.86. The molecule has 0 aliphatic carbocycles. The molecule has 96 valence electrons. The molecule has 0 fully saturated rings. The molecule has 2 rings (SSSR count). The van der Waals surface area contributed by atoms with Gasteiger partial charge in [0.05, 0.1) is 11.6 Å². The minimum atomic E-state index is -0.0460. The summed E-state index contributed by atoms with van der Waals surface area (Å²) in [6, 6.07) is 16.9. The molecule has 0 saturated carbocycles. The van der Waals surface area contributed by atoms with Crippen LogP contribution in [0.3, 0.4) is 0 Å². The molecular weight excluding hydrogens is 236 g/mol. The zero-order valence-corrected chi connectivity index (χ0v) is 10.8. The van der Waals surface area contributed by atoms with E-state index in [1.54, 1.807) is 18.2 Å². The minimum absolute atomic E-state index is 0.0460. The van der Waals surface area contributed by atoms with Crippen LogP contribution in [0.1, 0.15) is 30.5 Å².